The number of rotatable bonds is 5. The van der Waals surface area contributed by atoms with Crippen molar-refractivity contribution in [2.75, 3.05) is 12.4 Å². The number of aryl methyl sites for hydroxylation is 2. The number of nitrogens with one attached hydrogen (secondary N) is 2. The van der Waals surface area contributed by atoms with Gasteiger partial charge < -0.3 is 15.2 Å². The standard InChI is InChI=1S/C14H16N6O2S/c1-4-8-7(2)23-14-10(8)11(17-6-18-14)16-5-9-19-12(20-22-9)13(21)15-3/h6H,4-5H2,1-3H3,(H,15,21)(H,16,17,18). The highest BCUT2D eigenvalue weighted by Crippen LogP contribution is 2.33. The second kappa shape index (κ2) is 6.29. The van der Waals surface area contributed by atoms with E-state index in [4.69, 9.17) is 4.52 Å². The van der Waals surface area contributed by atoms with E-state index >= 15 is 0 Å². The third-order valence-corrected chi connectivity index (χ3v) is 4.50. The SMILES string of the molecule is CCc1c(C)sc2ncnc(NCc3nc(C(=O)NC)no3)c12. The number of carbonyl (C=O) groups excluding carboxylic acids is 1. The molecule has 0 saturated carbocycles. The molecule has 0 aliphatic heterocycles. The molecule has 0 bridgehead atoms. The molecule has 0 aliphatic rings. The second-order valence-electron chi connectivity index (χ2n) is 4.84. The Morgan fingerprint density at radius 2 is 2.22 bits per heavy atom. The molecule has 1 amide bonds. The number of carbonyl (C=O) groups is 1. The predicted octanol–water partition coefficient (Wildman–Crippen LogP) is 1.92. The molecule has 8 nitrogen and oxygen atoms in total. The first-order valence-electron chi connectivity index (χ1n) is 7.15. The highest BCUT2D eigenvalue weighted by molar-refractivity contribution is 7.18. The molecule has 0 fully saturated rings. The van der Waals surface area contributed by atoms with Crippen LogP contribution < -0.4 is 10.6 Å². The summed E-state index contributed by atoms with van der Waals surface area (Å²) < 4.78 is 5.06. The van der Waals surface area contributed by atoms with Gasteiger partial charge >= 0.3 is 0 Å². The Labute approximate surface area is 136 Å². The normalized spacial score (nSPS) is 10.9. The molecular weight excluding hydrogens is 316 g/mol. The van der Waals surface area contributed by atoms with Gasteiger partial charge in [0, 0.05) is 11.9 Å². The van der Waals surface area contributed by atoms with Crippen molar-refractivity contribution in [1.82, 2.24) is 25.4 Å². The molecule has 0 radical (unpaired) electrons. The van der Waals surface area contributed by atoms with Crippen molar-refractivity contribution in [1.29, 1.82) is 0 Å². The minimum absolute atomic E-state index is 0.0118. The number of hydrogen-bond acceptors (Lipinski definition) is 8. The summed E-state index contributed by atoms with van der Waals surface area (Å²) in [5.74, 6) is 0.681. The number of thiophene rings is 1. The average molecular weight is 332 g/mol. The van der Waals surface area contributed by atoms with Crippen LogP contribution in [0.2, 0.25) is 0 Å². The Morgan fingerprint density at radius 1 is 1.39 bits per heavy atom. The molecule has 23 heavy (non-hydrogen) atoms. The van der Waals surface area contributed by atoms with Gasteiger partial charge in [-0.05, 0) is 18.9 Å². The summed E-state index contributed by atoms with van der Waals surface area (Å²) in [6.45, 7) is 4.48. The number of anilines is 1. The molecule has 0 aromatic carbocycles. The van der Waals surface area contributed by atoms with Gasteiger partial charge in [-0.15, -0.1) is 11.3 Å². The smallest absolute Gasteiger partial charge is 0.292 e. The van der Waals surface area contributed by atoms with E-state index in [1.165, 1.54) is 23.8 Å². The Kier molecular flexibility index (Phi) is 4.20. The highest BCUT2D eigenvalue weighted by atomic mass is 32.1. The van der Waals surface area contributed by atoms with E-state index in [-0.39, 0.29) is 18.3 Å². The lowest BCUT2D eigenvalue weighted by Crippen LogP contribution is -2.19. The number of amides is 1. The minimum Gasteiger partial charge on any atom is -0.360 e. The van der Waals surface area contributed by atoms with Crippen molar-refractivity contribution in [2.45, 2.75) is 26.8 Å². The summed E-state index contributed by atoms with van der Waals surface area (Å²) in [5.41, 5.74) is 1.24. The summed E-state index contributed by atoms with van der Waals surface area (Å²) in [7, 11) is 1.51. The van der Waals surface area contributed by atoms with Crippen molar-refractivity contribution >= 4 is 33.3 Å². The summed E-state index contributed by atoms with van der Waals surface area (Å²) in [4.78, 5) is 26.3. The van der Waals surface area contributed by atoms with Gasteiger partial charge in [0.25, 0.3) is 11.7 Å². The third-order valence-electron chi connectivity index (χ3n) is 3.45. The van der Waals surface area contributed by atoms with Crippen molar-refractivity contribution in [3.8, 4) is 0 Å². The van der Waals surface area contributed by atoms with Crippen LogP contribution in [0, 0.1) is 6.92 Å². The maximum atomic E-state index is 11.4. The van der Waals surface area contributed by atoms with Crippen molar-refractivity contribution < 1.29 is 9.32 Å². The maximum absolute atomic E-state index is 11.4. The van der Waals surface area contributed by atoms with Gasteiger partial charge in [-0.25, -0.2) is 9.97 Å². The van der Waals surface area contributed by atoms with Crippen LogP contribution in [0.25, 0.3) is 10.2 Å². The lowest BCUT2D eigenvalue weighted by molar-refractivity contribution is 0.0950. The summed E-state index contributed by atoms with van der Waals surface area (Å²) in [6.07, 6.45) is 2.44. The fourth-order valence-electron chi connectivity index (χ4n) is 2.35. The number of nitrogens with zero attached hydrogens (tertiary/aromatic N) is 4. The fraction of sp³-hybridized carbons (Fsp3) is 0.357. The topological polar surface area (TPSA) is 106 Å². The van der Waals surface area contributed by atoms with Crippen LogP contribution in [0.1, 0.15) is 33.9 Å². The van der Waals surface area contributed by atoms with Crippen LogP contribution in [0.3, 0.4) is 0 Å². The molecule has 0 saturated heterocycles. The van der Waals surface area contributed by atoms with E-state index in [0.29, 0.717) is 5.89 Å². The Hall–Kier alpha value is -2.55. The van der Waals surface area contributed by atoms with Crippen LogP contribution in [-0.4, -0.2) is 33.1 Å². The largest absolute Gasteiger partial charge is 0.360 e. The van der Waals surface area contributed by atoms with E-state index in [2.05, 4.69) is 44.6 Å². The van der Waals surface area contributed by atoms with Gasteiger partial charge in [0.2, 0.25) is 5.89 Å². The number of fused-ring (bicyclic) bond motifs is 1. The molecule has 120 valence electrons. The van der Waals surface area contributed by atoms with E-state index < -0.39 is 0 Å². The molecule has 3 heterocycles. The van der Waals surface area contributed by atoms with E-state index in [1.807, 2.05) is 0 Å². The first kappa shape index (κ1) is 15.3. The quantitative estimate of drug-likeness (QED) is 0.735. The predicted molar refractivity (Wildman–Crippen MR) is 86.5 cm³/mol. The van der Waals surface area contributed by atoms with Crippen LogP contribution in [0.5, 0.6) is 0 Å². The molecule has 0 unspecified atom stereocenters. The summed E-state index contributed by atoms with van der Waals surface area (Å²) >= 11 is 1.65. The second-order valence-corrected chi connectivity index (χ2v) is 6.04. The first-order chi connectivity index (χ1) is 11.1. The Bertz CT molecular complexity index is 856. The van der Waals surface area contributed by atoms with Gasteiger partial charge in [-0.2, -0.15) is 4.98 Å². The van der Waals surface area contributed by atoms with Gasteiger partial charge in [0.1, 0.15) is 17.0 Å². The van der Waals surface area contributed by atoms with Gasteiger partial charge in [-0.3, -0.25) is 4.79 Å². The summed E-state index contributed by atoms with van der Waals surface area (Å²) in [6, 6.07) is 0. The highest BCUT2D eigenvalue weighted by Gasteiger charge is 2.16. The van der Waals surface area contributed by atoms with Crippen molar-refractivity contribution in [2.24, 2.45) is 0 Å². The zero-order valence-electron chi connectivity index (χ0n) is 13.0. The zero-order valence-corrected chi connectivity index (χ0v) is 13.8. The van der Waals surface area contributed by atoms with E-state index in [9.17, 15) is 4.79 Å². The van der Waals surface area contributed by atoms with E-state index in [1.54, 1.807) is 11.3 Å². The van der Waals surface area contributed by atoms with Crippen LogP contribution in [0.15, 0.2) is 10.9 Å². The van der Waals surface area contributed by atoms with Crippen LogP contribution >= 0.6 is 11.3 Å². The Balaban J connectivity index is 1.84. The molecule has 3 aromatic rings. The number of aromatic nitrogens is 4. The van der Waals surface area contributed by atoms with Gasteiger partial charge in [0.15, 0.2) is 0 Å². The monoisotopic (exact) mass is 332 g/mol. The van der Waals surface area contributed by atoms with Crippen LogP contribution in [0.4, 0.5) is 5.82 Å². The fourth-order valence-corrected chi connectivity index (χ4v) is 3.43. The molecule has 9 heteroatoms. The molecular formula is C14H16N6O2S. The van der Waals surface area contributed by atoms with Crippen molar-refractivity contribution in [3.05, 3.63) is 28.5 Å². The molecule has 3 rings (SSSR count). The first-order valence-corrected chi connectivity index (χ1v) is 7.97. The lowest BCUT2D eigenvalue weighted by Gasteiger charge is -2.05. The summed E-state index contributed by atoms with van der Waals surface area (Å²) in [5, 5.41) is 10.3. The van der Waals surface area contributed by atoms with E-state index in [0.717, 1.165) is 22.5 Å². The Morgan fingerprint density at radius 3 is 2.96 bits per heavy atom. The molecule has 0 aliphatic carbocycles. The molecule has 0 atom stereocenters. The molecule has 0 spiro atoms. The molecule has 2 N–H and O–H groups in total. The van der Waals surface area contributed by atoms with Crippen LogP contribution in [-0.2, 0) is 13.0 Å². The third kappa shape index (κ3) is 2.87. The average Bonchev–Trinajstić information content (AvgIpc) is 3.15. The number of hydrogen-bond donors (Lipinski definition) is 2. The maximum Gasteiger partial charge on any atom is 0.292 e. The molecule has 3 aromatic heterocycles. The van der Waals surface area contributed by atoms with Gasteiger partial charge in [-0.1, -0.05) is 12.1 Å². The minimum atomic E-state index is -0.383. The van der Waals surface area contributed by atoms with Gasteiger partial charge in [0.05, 0.1) is 11.9 Å². The van der Waals surface area contributed by atoms with Crippen molar-refractivity contribution in [3.63, 3.8) is 0 Å². The zero-order chi connectivity index (χ0) is 16.4. The lowest BCUT2D eigenvalue weighted by atomic mass is 10.1.